The summed E-state index contributed by atoms with van der Waals surface area (Å²) in [5.74, 6) is 10.3. The fraction of sp³-hybridized carbons (Fsp3) is 0.314. The van der Waals surface area contributed by atoms with Crippen LogP contribution in [-0.4, -0.2) is 27.2 Å². The van der Waals surface area contributed by atoms with E-state index in [1.165, 1.54) is 69.9 Å². The van der Waals surface area contributed by atoms with Gasteiger partial charge in [0.15, 0.2) is 0 Å². The van der Waals surface area contributed by atoms with Crippen LogP contribution in [0.1, 0.15) is 77.9 Å². The molecule has 8 bridgehead atoms. The van der Waals surface area contributed by atoms with Crippen molar-refractivity contribution in [2.75, 3.05) is 18.0 Å². The molecule has 0 atom stereocenters. The maximum absolute atomic E-state index is 9.10. The molecule has 0 radical (unpaired) electrons. The van der Waals surface area contributed by atoms with Crippen LogP contribution < -0.4 is 14.2 Å². The van der Waals surface area contributed by atoms with Gasteiger partial charge in [-0.1, -0.05) is 127 Å². The zero-order valence-electron chi connectivity index (χ0n) is 52.7. The number of ether oxygens (including phenoxy) is 1. The summed E-state index contributed by atoms with van der Waals surface area (Å²) in [5.41, 5.74) is 5.10. The van der Waals surface area contributed by atoms with Crippen LogP contribution in [0.5, 0.6) is 11.5 Å². The number of hydrogen-bond acceptors (Lipinski definition) is 3. The summed E-state index contributed by atoms with van der Waals surface area (Å²) in [4.78, 5) is 8.01. The molecule has 0 saturated heterocycles. The topological polar surface area (TPSA) is 39.1 Å². The molecule has 6 nitrogen and oxygen atoms in total. The predicted molar refractivity (Wildman–Crippen MR) is 304 cm³/mol. The van der Waals surface area contributed by atoms with E-state index in [0.717, 1.165) is 99.9 Å². The van der Waals surface area contributed by atoms with Gasteiger partial charge < -0.3 is 18.8 Å². The molecule has 8 aliphatic carbocycles. The first-order valence-corrected chi connectivity index (χ1v) is 27.8. The maximum atomic E-state index is 9.10. The van der Waals surface area contributed by atoms with Crippen molar-refractivity contribution >= 4 is 38.5 Å². The van der Waals surface area contributed by atoms with Crippen LogP contribution >= 0.6 is 0 Å². The number of aromatic nitrogens is 4. The molecule has 0 aliphatic heterocycles. The quantitative estimate of drug-likeness (QED) is 0.0904. The Kier molecular flexibility index (Phi) is 9.51. The molecule has 77 heavy (non-hydrogen) atoms. The summed E-state index contributed by atoms with van der Waals surface area (Å²) in [6.07, 6.45) is 19.7. The molecule has 10 aromatic rings. The van der Waals surface area contributed by atoms with E-state index < -0.39 is 60.4 Å². The molecule has 7 aromatic carbocycles. The standard InChI is InChI=1S/C70H63N5O.Pt/c1-3-13-49(14-4-1)59-20-12-21-60(50-15-5-2-6-16-50)70(59)74-44-73(66-23-9-10-24-67(66)74)56-17-11-18-57(39-56)76-58-25-26-62-61-19-7-8-22-65(61)75(68(62)41-58)69-40-55(27-28-71-69)72(42-63-51-31-45-29-46(33-51)34-52(63)32-45)43-64-53-35-47-30-48(37-53)38-54(64)36-47;/h1-28,40,45-48,51-54,63-64H,29-38,42-43H2;/q-2;/i1D,2D,3D,4D,5D,6D,13D,14D,15D,16D;. The number of anilines is 1. The van der Waals surface area contributed by atoms with Gasteiger partial charge in [0.2, 0.25) is 0 Å². The molecule has 8 aliphatic rings. The smallest absolute Gasteiger partial charge is 0.268 e. The van der Waals surface area contributed by atoms with E-state index >= 15 is 0 Å². The monoisotopic (exact) mass is 1190 g/mol. The van der Waals surface area contributed by atoms with Crippen molar-refractivity contribution in [2.45, 2.75) is 64.2 Å². The molecule has 3 aromatic heterocycles. The zero-order valence-corrected chi connectivity index (χ0v) is 45.0. The Hall–Kier alpha value is -6.75. The van der Waals surface area contributed by atoms with E-state index in [4.69, 9.17) is 23.4 Å². The van der Waals surface area contributed by atoms with Gasteiger partial charge in [-0.3, -0.25) is 4.57 Å². The minimum absolute atomic E-state index is 0. The van der Waals surface area contributed by atoms with E-state index in [1.807, 2.05) is 54.7 Å². The first-order valence-electron chi connectivity index (χ1n) is 32.8. The first-order chi connectivity index (χ1) is 41.7. The SMILES string of the molecule is [2H]c1c([2H])c([2H])c(-c2cccc(-c3c([2H])c([2H])c([2H])c([2H])c3[2H])c2-[n+]2[c-]n(-c3[c-]c(Oc4[c-]c5c(cc4)c4ccccc4n5-c4cc(N(CC5C6CC7CC(C6)CC5C7)CC5C6CC7CC(C6)CC5C7)ccn4)ccc3)c3ccccc32)c([2H])c1[2H].[Pt]. The molecular weight excluding hydrogens is 1120 g/mol. The third kappa shape index (κ3) is 8.30. The van der Waals surface area contributed by atoms with Gasteiger partial charge in [0.25, 0.3) is 6.33 Å². The van der Waals surface area contributed by atoms with Crippen molar-refractivity contribution in [1.29, 1.82) is 0 Å². The summed E-state index contributed by atoms with van der Waals surface area (Å²) >= 11 is 0. The molecule has 8 fully saturated rings. The Morgan fingerprint density at radius 2 is 1.14 bits per heavy atom. The van der Waals surface area contributed by atoms with Crippen molar-refractivity contribution in [2.24, 2.45) is 59.2 Å². The summed E-state index contributed by atoms with van der Waals surface area (Å²) in [7, 11) is 0. The van der Waals surface area contributed by atoms with Gasteiger partial charge in [-0.2, -0.15) is 18.2 Å². The molecule has 0 spiro atoms. The van der Waals surface area contributed by atoms with Crippen LogP contribution in [-0.2, 0) is 21.1 Å². The van der Waals surface area contributed by atoms with Gasteiger partial charge in [0.1, 0.15) is 5.82 Å². The number of para-hydroxylation sites is 4. The molecule has 3 heterocycles. The third-order valence-corrected chi connectivity index (χ3v) is 19.2. The van der Waals surface area contributed by atoms with Crippen LogP contribution in [0, 0.1) is 77.6 Å². The van der Waals surface area contributed by atoms with Crippen molar-refractivity contribution in [3.63, 3.8) is 0 Å². The molecule has 18 rings (SSSR count). The second-order valence-electron chi connectivity index (χ2n) is 23.4. The summed E-state index contributed by atoms with van der Waals surface area (Å²) in [5, 5.41) is 2.12. The molecule has 386 valence electrons. The predicted octanol–water partition coefficient (Wildman–Crippen LogP) is 15.9. The van der Waals surface area contributed by atoms with Gasteiger partial charge in [0, 0.05) is 69.1 Å². The minimum atomic E-state index is -0.562. The maximum Gasteiger partial charge on any atom is 0.268 e. The normalized spacial score (nSPS) is 27.5. The van der Waals surface area contributed by atoms with E-state index in [9.17, 15) is 0 Å². The largest absolute Gasteiger partial charge is 0.510 e. The summed E-state index contributed by atoms with van der Waals surface area (Å²) in [6.45, 7) is 2.26. The average Bonchev–Trinajstić information content (AvgIpc) is 1.79. The fourth-order valence-electron chi connectivity index (χ4n) is 16.5. The Balaban J connectivity index is 0.00000638. The van der Waals surface area contributed by atoms with E-state index in [2.05, 4.69) is 70.4 Å². The van der Waals surface area contributed by atoms with Crippen LogP contribution in [0.25, 0.3) is 72.3 Å². The molecule has 0 unspecified atom stereocenters. The van der Waals surface area contributed by atoms with E-state index in [1.54, 1.807) is 27.3 Å². The summed E-state index contributed by atoms with van der Waals surface area (Å²) < 4.78 is 100. The van der Waals surface area contributed by atoms with Crippen LogP contribution in [0.3, 0.4) is 0 Å². The fourth-order valence-corrected chi connectivity index (χ4v) is 16.5. The van der Waals surface area contributed by atoms with Gasteiger partial charge in [-0.15, -0.1) is 29.7 Å². The molecular formula is C70H63N5OPt-2. The second kappa shape index (κ2) is 19.3. The van der Waals surface area contributed by atoms with Crippen molar-refractivity contribution in [3.8, 4) is 50.9 Å². The Morgan fingerprint density at radius 1 is 0.571 bits per heavy atom. The Morgan fingerprint density at radius 3 is 1.78 bits per heavy atom. The average molecular weight is 1200 g/mol. The zero-order chi connectivity index (χ0) is 58.5. The van der Waals surface area contributed by atoms with Crippen LogP contribution in [0.15, 0.2) is 176 Å². The number of imidazole rings is 1. The van der Waals surface area contributed by atoms with E-state index in [-0.39, 0.29) is 49.0 Å². The number of nitrogens with zero attached hydrogens (tertiary/aromatic N) is 5. The molecule has 0 amide bonds. The van der Waals surface area contributed by atoms with Crippen LogP contribution in [0.4, 0.5) is 5.69 Å². The molecule has 8 saturated carbocycles. The number of hydrogen-bond donors (Lipinski definition) is 0. The summed E-state index contributed by atoms with van der Waals surface area (Å²) in [6, 6.07) is 36.9. The number of fused-ring (bicyclic) bond motifs is 4. The van der Waals surface area contributed by atoms with Crippen molar-refractivity contribution in [1.82, 2.24) is 14.1 Å². The van der Waals surface area contributed by atoms with Crippen molar-refractivity contribution < 1.29 is 44.1 Å². The Labute approximate surface area is 481 Å². The Bertz CT molecular complexity index is 4200. The molecule has 7 heteroatoms. The first kappa shape index (κ1) is 37.9. The van der Waals surface area contributed by atoms with Crippen LogP contribution in [0.2, 0.25) is 0 Å². The third-order valence-electron chi connectivity index (χ3n) is 19.2. The van der Waals surface area contributed by atoms with Crippen molar-refractivity contribution in [3.05, 3.63) is 194 Å². The van der Waals surface area contributed by atoms with E-state index in [0.29, 0.717) is 28.2 Å². The minimum Gasteiger partial charge on any atom is -0.510 e. The number of pyridine rings is 1. The second-order valence-corrected chi connectivity index (χ2v) is 23.4. The van der Waals surface area contributed by atoms with Gasteiger partial charge >= 0.3 is 0 Å². The van der Waals surface area contributed by atoms with Gasteiger partial charge in [-0.25, -0.2) is 4.98 Å². The number of benzene rings is 7. The number of rotatable bonds is 12. The molecule has 0 N–H and O–H groups in total. The van der Waals surface area contributed by atoms with Gasteiger partial charge in [-0.05, 0) is 169 Å². The van der Waals surface area contributed by atoms with Gasteiger partial charge in [0.05, 0.1) is 30.4 Å².